The van der Waals surface area contributed by atoms with Crippen LogP contribution < -0.4 is 20.1 Å². The molecule has 2 aromatic carbocycles. The number of ether oxygens (including phenoxy) is 2. The molecular formula is C21H19N3O3. The fraction of sp³-hybridized carbons (Fsp3) is 0.143. The van der Waals surface area contributed by atoms with Crippen LogP contribution in [0.1, 0.15) is 21.5 Å². The van der Waals surface area contributed by atoms with E-state index in [4.69, 9.17) is 9.47 Å². The summed E-state index contributed by atoms with van der Waals surface area (Å²) in [5.41, 5.74) is 3.57. The average molecular weight is 361 g/mol. The number of nitrogens with zero attached hydrogens (tertiary/aromatic N) is 1. The van der Waals surface area contributed by atoms with E-state index in [2.05, 4.69) is 15.6 Å². The van der Waals surface area contributed by atoms with Gasteiger partial charge in [0, 0.05) is 18.4 Å². The van der Waals surface area contributed by atoms with Gasteiger partial charge in [0.15, 0.2) is 11.5 Å². The van der Waals surface area contributed by atoms with Gasteiger partial charge in [-0.25, -0.2) is 4.98 Å². The Bertz CT molecular complexity index is 971. The van der Waals surface area contributed by atoms with Crippen molar-refractivity contribution >= 4 is 17.4 Å². The molecule has 0 aliphatic carbocycles. The molecule has 1 aromatic heterocycles. The lowest BCUT2D eigenvalue weighted by atomic mass is 10.2. The molecule has 6 heteroatoms. The highest BCUT2D eigenvalue weighted by Crippen LogP contribution is 2.32. The van der Waals surface area contributed by atoms with Crippen molar-refractivity contribution in [1.82, 2.24) is 10.3 Å². The zero-order chi connectivity index (χ0) is 18.6. The monoisotopic (exact) mass is 361 g/mol. The first kappa shape index (κ1) is 16.9. The third-order valence-electron chi connectivity index (χ3n) is 4.32. The molecule has 0 saturated carbocycles. The lowest BCUT2D eigenvalue weighted by molar-refractivity contribution is 0.0950. The Morgan fingerprint density at radius 3 is 2.74 bits per heavy atom. The minimum absolute atomic E-state index is 0.178. The third kappa shape index (κ3) is 3.84. The van der Waals surface area contributed by atoms with Crippen LogP contribution in [0, 0.1) is 6.92 Å². The van der Waals surface area contributed by atoms with Crippen molar-refractivity contribution in [2.75, 3.05) is 12.1 Å². The van der Waals surface area contributed by atoms with Crippen LogP contribution in [0.25, 0.3) is 0 Å². The maximum Gasteiger partial charge on any atom is 0.253 e. The molecule has 0 saturated heterocycles. The quantitative estimate of drug-likeness (QED) is 0.723. The molecule has 3 aromatic rings. The van der Waals surface area contributed by atoms with Gasteiger partial charge in [0.05, 0.1) is 5.56 Å². The predicted octanol–water partition coefficient (Wildman–Crippen LogP) is 3.79. The molecule has 2 heterocycles. The Hall–Kier alpha value is -3.54. The number of aromatic nitrogens is 1. The summed E-state index contributed by atoms with van der Waals surface area (Å²) < 4.78 is 10.6. The van der Waals surface area contributed by atoms with Crippen LogP contribution in [0.4, 0.5) is 11.5 Å². The average Bonchev–Trinajstić information content (AvgIpc) is 3.16. The van der Waals surface area contributed by atoms with E-state index in [0.717, 1.165) is 22.6 Å². The number of nitrogens with one attached hydrogen (secondary N) is 2. The van der Waals surface area contributed by atoms with Gasteiger partial charge in [0.25, 0.3) is 5.91 Å². The van der Waals surface area contributed by atoms with Crippen LogP contribution in [0.5, 0.6) is 11.5 Å². The molecule has 0 unspecified atom stereocenters. The van der Waals surface area contributed by atoms with E-state index in [1.54, 1.807) is 18.3 Å². The van der Waals surface area contributed by atoms with Gasteiger partial charge in [-0.15, -0.1) is 0 Å². The number of rotatable bonds is 5. The summed E-state index contributed by atoms with van der Waals surface area (Å²) in [5.74, 6) is 1.94. The number of anilines is 2. The number of aryl methyl sites for hydroxylation is 1. The first-order valence-corrected chi connectivity index (χ1v) is 8.64. The lowest BCUT2D eigenvalue weighted by Gasteiger charge is -2.09. The molecule has 0 fully saturated rings. The molecular weight excluding hydrogens is 342 g/mol. The van der Waals surface area contributed by atoms with E-state index in [-0.39, 0.29) is 12.7 Å². The molecule has 6 nitrogen and oxygen atoms in total. The summed E-state index contributed by atoms with van der Waals surface area (Å²) in [5, 5.41) is 6.14. The van der Waals surface area contributed by atoms with Gasteiger partial charge in [-0.3, -0.25) is 4.79 Å². The van der Waals surface area contributed by atoms with E-state index < -0.39 is 0 Å². The molecule has 0 bridgehead atoms. The minimum atomic E-state index is -0.178. The molecule has 1 amide bonds. The summed E-state index contributed by atoms with van der Waals surface area (Å²) >= 11 is 0. The van der Waals surface area contributed by atoms with Crippen molar-refractivity contribution in [2.45, 2.75) is 13.5 Å². The van der Waals surface area contributed by atoms with Crippen molar-refractivity contribution in [3.05, 3.63) is 77.5 Å². The highest BCUT2D eigenvalue weighted by Gasteiger charge is 2.13. The molecule has 1 aliphatic rings. The second-order valence-corrected chi connectivity index (χ2v) is 6.24. The second-order valence-electron chi connectivity index (χ2n) is 6.24. The number of hydrogen-bond acceptors (Lipinski definition) is 5. The van der Waals surface area contributed by atoms with Crippen molar-refractivity contribution < 1.29 is 14.3 Å². The minimum Gasteiger partial charge on any atom is -0.454 e. The number of carbonyl (C=O) groups excluding carboxylic acids is 1. The fourth-order valence-corrected chi connectivity index (χ4v) is 2.79. The number of para-hydroxylation sites is 1. The van der Waals surface area contributed by atoms with Gasteiger partial charge in [-0.05, 0) is 48.4 Å². The molecule has 2 N–H and O–H groups in total. The second kappa shape index (κ2) is 7.37. The summed E-state index contributed by atoms with van der Waals surface area (Å²) in [4.78, 5) is 16.7. The molecule has 0 spiro atoms. The van der Waals surface area contributed by atoms with Gasteiger partial charge in [-0.1, -0.05) is 24.3 Å². The van der Waals surface area contributed by atoms with Gasteiger partial charge in [0.1, 0.15) is 5.82 Å². The van der Waals surface area contributed by atoms with Crippen molar-refractivity contribution in [1.29, 1.82) is 0 Å². The Kier molecular flexibility index (Phi) is 4.61. The molecule has 27 heavy (non-hydrogen) atoms. The number of amides is 1. The van der Waals surface area contributed by atoms with Crippen LogP contribution in [0.2, 0.25) is 0 Å². The third-order valence-corrected chi connectivity index (χ3v) is 4.32. The maximum atomic E-state index is 12.3. The van der Waals surface area contributed by atoms with E-state index in [9.17, 15) is 4.79 Å². The van der Waals surface area contributed by atoms with Gasteiger partial charge in [-0.2, -0.15) is 0 Å². The smallest absolute Gasteiger partial charge is 0.253 e. The Balaban J connectivity index is 1.37. The molecule has 0 atom stereocenters. The molecule has 0 radical (unpaired) electrons. The number of pyridine rings is 1. The van der Waals surface area contributed by atoms with Crippen LogP contribution in [0.3, 0.4) is 0 Å². The van der Waals surface area contributed by atoms with Crippen LogP contribution in [-0.4, -0.2) is 17.7 Å². The summed E-state index contributed by atoms with van der Waals surface area (Å²) in [7, 11) is 0. The SMILES string of the molecule is Cc1ccccc1Nc1ccc(C(=O)NCc2ccc3c(c2)OCO3)cn1. The number of carbonyl (C=O) groups is 1. The zero-order valence-electron chi connectivity index (χ0n) is 14.9. The first-order valence-electron chi connectivity index (χ1n) is 8.64. The van der Waals surface area contributed by atoms with Crippen LogP contribution in [0.15, 0.2) is 60.8 Å². The largest absolute Gasteiger partial charge is 0.454 e. The van der Waals surface area contributed by atoms with Gasteiger partial charge in [0.2, 0.25) is 6.79 Å². The van der Waals surface area contributed by atoms with Crippen LogP contribution >= 0.6 is 0 Å². The van der Waals surface area contributed by atoms with Gasteiger partial charge < -0.3 is 20.1 Å². The lowest BCUT2D eigenvalue weighted by Crippen LogP contribution is -2.22. The highest BCUT2D eigenvalue weighted by molar-refractivity contribution is 5.94. The van der Waals surface area contributed by atoms with Crippen molar-refractivity contribution in [2.24, 2.45) is 0 Å². The summed E-state index contributed by atoms with van der Waals surface area (Å²) in [6.07, 6.45) is 1.57. The topological polar surface area (TPSA) is 72.5 Å². The standard InChI is InChI=1S/C21H19N3O3/c1-14-4-2-3-5-17(14)24-20-9-7-16(12-22-20)21(25)23-11-15-6-8-18-19(10-15)27-13-26-18/h2-10,12H,11,13H2,1H3,(H,22,24)(H,23,25). The van der Waals surface area contributed by atoms with Crippen molar-refractivity contribution in [3.63, 3.8) is 0 Å². The molecule has 1 aliphatic heterocycles. The highest BCUT2D eigenvalue weighted by atomic mass is 16.7. The predicted molar refractivity (Wildman–Crippen MR) is 102 cm³/mol. The Morgan fingerprint density at radius 2 is 1.93 bits per heavy atom. The van der Waals surface area contributed by atoms with Crippen LogP contribution in [-0.2, 0) is 6.54 Å². The first-order chi connectivity index (χ1) is 13.2. The Morgan fingerprint density at radius 1 is 1.07 bits per heavy atom. The van der Waals surface area contributed by atoms with E-state index >= 15 is 0 Å². The maximum absolute atomic E-state index is 12.3. The molecule has 4 rings (SSSR count). The number of hydrogen-bond donors (Lipinski definition) is 2. The van der Waals surface area contributed by atoms with Gasteiger partial charge >= 0.3 is 0 Å². The van der Waals surface area contributed by atoms with Crippen molar-refractivity contribution in [3.8, 4) is 11.5 Å². The van der Waals surface area contributed by atoms with E-state index in [1.807, 2.05) is 49.4 Å². The fourth-order valence-electron chi connectivity index (χ4n) is 2.79. The Labute approximate surface area is 157 Å². The van der Waals surface area contributed by atoms with E-state index in [0.29, 0.717) is 23.7 Å². The number of fused-ring (bicyclic) bond motifs is 1. The number of benzene rings is 2. The zero-order valence-corrected chi connectivity index (χ0v) is 14.9. The summed E-state index contributed by atoms with van der Waals surface area (Å²) in [6, 6.07) is 17.1. The molecule has 136 valence electrons. The normalized spacial score (nSPS) is 11.9. The summed E-state index contributed by atoms with van der Waals surface area (Å²) in [6.45, 7) is 2.67. The van der Waals surface area contributed by atoms with E-state index in [1.165, 1.54) is 0 Å².